The van der Waals surface area contributed by atoms with Gasteiger partial charge in [0.25, 0.3) is 5.91 Å². The van der Waals surface area contributed by atoms with Crippen molar-refractivity contribution in [3.8, 4) is 0 Å². The molecule has 1 aliphatic heterocycles. The number of hydrogen-bond donors (Lipinski definition) is 1. The van der Waals surface area contributed by atoms with Crippen LogP contribution in [0.3, 0.4) is 0 Å². The van der Waals surface area contributed by atoms with E-state index in [-0.39, 0.29) is 10.8 Å². The number of hydrogen-bond acceptors (Lipinski definition) is 3. The molecule has 1 aliphatic rings. The summed E-state index contributed by atoms with van der Waals surface area (Å²) in [6, 6.07) is 19.8. The molecule has 27 heavy (non-hydrogen) atoms. The molecule has 138 valence electrons. The van der Waals surface area contributed by atoms with E-state index in [9.17, 15) is 13.2 Å². The molecule has 0 spiro atoms. The van der Waals surface area contributed by atoms with Crippen molar-refractivity contribution in [2.45, 2.75) is 17.7 Å². The maximum atomic E-state index is 12.6. The van der Waals surface area contributed by atoms with Crippen molar-refractivity contribution >= 4 is 32.4 Å². The molecule has 4 rings (SSSR count). The fraction of sp³-hybridized carbons (Fsp3) is 0.190. The van der Waals surface area contributed by atoms with Crippen LogP contribution in [-0.2, 0) is 10.0 Å². The van der Waals surface area contributed by atoms with Crippen LogP contribution in [0.1, 0.15) is 23.2 Å². The maximum Gasteiger partial charge on any atom is 0.255 e. The summed E-state index contributed by atoms with van der Waals surface area (Å²) in [5, 5.41) is 5.01. The van der Waals surface area contributed by atoms with E-state index >= 15 is 0 Å². The summed E-state index contributed by atoms with van der Waals surface area (Å²) in [7, 11) is -3.46. The quantitative estimate of drug-likeness (QED) is 0.747. The van der Waals surface area contributed by atoms with Gasteiger partial charge in [0.15, 0.2) is 0 Å². The van der Waals surface area contributed by atoms with Crippen LogP contribution >= 0.6 is 0 Å². The Morgan fingerprint density at radius 1 is 0.852 bits per heavy atom. The molecule has 6 heteroatoms. The highest BCUT2D eigenvalue weighted by Crippen LogP contribution is 2.22. The molecule has 0 saturated carbocycles. The number of carbonyl (C=O) groups is 1. The molecule has 1 amide bonds. The summed E-state index contributed by atoms with van der Waals surface area (Å²) in [4.78, 5) is 12.7. The van der Waals surface area contributed by atoms with Gasteiger partial charge in [-0.3, -0.25) is 4.79 Å². The Bertz CT molecular complexity index is 1090. The van der Waals surface area contributed by atoms with Crippen LogP contribution in [-0.4, -0.2) is 31.7 Å². The van der Waals surface area contributed by atoms with Crippen molar-refractivity contribution in [1.82, 2.24) is 4.31 Å². The Morgan fingerprint density at radius 2 is 1.52 bits per heavy atom. The fourth-order valence-corrected chi connectivity index (χ4v) is 4.84. The van der Waals surface area contributed by atoms with Crippen molar-refractivity contribution in [3.05, 3.63) is 72.3 Å². The minimum absolute atomic E-state index is 0.228. The van der Waals surface area contributed by atoms with Crippen molar-refractivity contribution in [2.75, 3.05) is 18.4 Å². The predicted octanol–water partition coefficient (Wildman–Crippen LogP) is 3.88. The zero-order valence-electron chi connectivity index (χ0n) is 14.8. The zero-order chi connectivity index (χ0) is 18.9. The topological polar surface area (TPSA) is 66.5 Å². The summed E-state index contributed by atoms with van der Waals surface area (Å²) >= 11 is 0. The van der Waals surface area contributed by atoms with Crippen molar-refractivity contribution in [2.24, 2.45) is 0 Å². The van der Waals surface area contributed by atoms with Crippen molar-refractivity contribution in [1.29, 1.82) is 0 Å². The number of carbonyl (C=O) groups excluding carboxylic acids is 1. The SMILES string of the molecule is O=C(Nc1ccc2ccccc2c1)c1ccc(S(=O)(=O)N2CCCC2)cc1. The van der Waals surface area contributed by atoms with Gasteiger partial charge in [-0.25, -0.2) is 8.42 Å². The standard InChI is InChI=1S/C21H20N2O3S/c24-21(22-19-10-7-16-5-1-2-6-18(16)15-19)17-8-11-20(12-9-17)27(25,26)23-13-3-4-14-23/h1-2,5-12,15H,3-4,13-14H2,(H,22,24). The third kappa shape index (κ3) is 3.59. The van der Waals surface area contributed by atoms with Gasteiger partial charge >= 0.3 is 0 Å². The fourth-order valence-electron chi connectivity index (χ4n) is 3.33. The number of rotatable bonds is 4. The third-order valence-corrected chi connectivity index (χ3v) is 6.74. The number of amides is 1. The summed E-state index contributed by atoms with van der Waals surface area (Å²) in [6.45, 7) is 1.12. The van der Waals surface area contributed by atoms with Crippen molar-refractivity contribution in [3.63, 3.8) is 0 Å². The average Bonchev–Trinajstić information content (AvgIpc) is 3.24. The first kappa shape index (κ1) is 17.7. The minimum atomic E-state index is -3.46. The van der Waals surface area contributed by atoms with E-state index in [0.717, 1.165) is 23.6 Å². The second-order valence-corrected chi connectivity index (χ2v) is 8.59. The van der Waals surface area contributed by atoms with Gasteiger partial charge in [0, 0.05) is 24.3 Å². The zero-order valence-corrected chi connectivity index (χ0v) is 15.6. The highest BCUT2D eigenvalue weighted by Gasteiger charge is 2.27. The predicted molar refractivity (Wildman–Crippen MR) is 106 cm³/mol. The maximum absolute atomic E-state index is 12.6. The van der Waals surface area contributed by atoms with E-state index < -0.39 is 10.0 Å². The smallest absolute Gasteiger partial charge is 0.255 e. The number of sulfonamides is 1. The minimum Gasteiger partial charge on any atom is -0.322 e. The van der Waals surface area contributed by atoms with Crippen LogP contribution in [0.15, 0.2) is 71.6 Å². The summed E-state index contributed by atoms with van der Waals surface area (Å²) in [5.74, 6) is -0.268. The van der Waals surface area contributed by atoms with Gasteiger partial charge < -0.3 is 5.32 Å². The monoisotopic (exact) mass is 380 g/mol. The normalized spacial score (nSPS) is 15.1. The molecular formula is C21H20N2O3S. The highest BCUT2D eigenvalue weighted by molar-refractivity contribution is 7.89. The van der Waals surface area contributed by atoms with Crippen LogP contribution in [0.4, 0.5) is 5.69 Å². The first-order valence-electron chi connectivity index (χ1n) is 8.94. The average molecular weight is 380 g/mol. The Balaban J connectivity index is 1.51. The molecule has 0 aromatic heterocycles. The molecule has 1 saturated heterocycles. The number of benzene rings is 3. The molecule has 0 atom stereocenters. The molecule has 3 aromatic rings. The lowest BCUT2D eigenvalue weighted by Crippen LogP contribution is -2.27. The van der Waals surface area contributed by atoms with Gasteiger partial charge in [-0.15, -0.1) is 0 Å². The Kier molecular flexibility index (Phi) is 4.68. The molecule has 1 heterocycles. The first-order valence-corrected chi connectivity index (χ1v) is 10.4. The van der Waals surface area contributed by atoms with Crippen LogP contribution in [0.5, 0.6) is 0 Å². The van der Waals surface area contributed by atoms with Crippen LogP contribution < -0.4 is 5.32 Å². The van der Waals surface area contributed by atoms with E-state index in [4.69, 9.17) is 0 Å². The number of nitrogens with zero attached hydrogens (tertiary/aromatic N) is 1. The van der Waals surface area contributed by atoms with Gasteiger partial charge in [0.1, 0.15) is 0 Å². The van der Waals surface area contributed by atoms with Crippen LogP contribution in [0.25, 0.3) is 10.8 Å². The van der Waals surface area contributed by atoms with Gasteiger partial charge in [0.2, 0.25) is 10.0 Å². The second-order valence-electron chi connectivity index (χ2n) is 6.65. The molecule has 0 unspecified atom stereocenters. The van der Waals surface area contributed by atoms with E-state index in [1.165, 1.54) is 16.4 Å². The molecule has 3 aromatic carbocycles. The molecule has 5 nitrogen and oxygen atoms in total. The van der Waals surface area contributed by atoms with Gasteiger partial charge in [0.05, 0.1) is 4.90 Å². The highest BCUT2D eigenvalue weighted by atomic mass is 32.2. The van der Waals surface area contributed by atoms with Gasteiger partial charge in [-0.1, -0.05) is 30.3 Å². The molecule has 1 fully saturated rings. The van der Waals surface area contributed by atoms with E-state index in [2.05, 4.69) is 5.32 Å². The second kappa shape index (κ2) is 7.13. The number of fused-ring (bicyclic) bond motifs is 1. The van der Waals surface area contributed by atoms with E-state index in [0.29, 0.717) is 24.3 Å². The van der Waals surface area contributed by atoms with Gasteiger partial charge in [-0.2, -0.15) is 4.31 Å². The molecule has 0 bridgehead atoms. The molecule has 1 N–H and O–H groups in total. The Morgan fingerprint density at radius 3 is 2.22 bits per heavy atom. The lowest BCUT2D eigenvalue weighted by atomic mass is 10.1. The Hall–Kier alpha value is -2.70. The third-order valence-electron chi connectivity index (χ3n) is 4.83. The largest absolute Gasteiger partial charge is 0.322 e. The molecule has 0 aliphatic carbocycles. The lowest BCUT2D eigenvalue weighted by molar-refractivity contribution is 0.102. The van der Waals surface area contributed by atoms with Crippen LogP contribution in [0, 0.1) is 0 Å². The van der Waals surface area contributed by atoms with Gasteiger partial charge in [-0.05, 0) is 60.0 Å². The molecular weight excluding hydrogens is 360 g/mol. The van der Waals surface area contributed by atoms with Crippen molar-refractivity contribution < 1.29 is 13.2 Å². The molecule has 0 radical (unpaired) electrons. The van der Waals surface area contributed by atoms with E-state index in [1.54, 1.807) is 12.1 Å². The Labute approximate surface area is 158 Å². The summed E-state index contributed by atoms with van der Waals surface area (Å²) in [5.41, 5.74) is 1.12. The summed E-state index contributed by atoms with van der Waals surface area (Å²) < 4.78 is 26.6. The van der Waals surface area contributed by atoms with Crippen LogP contribution in [0.2, 0.25) is 0 Å². The number of anilines is 1. The summed E-state index contributed by atoms with van der Waals surface area (Å²) in [6.07, 6.45) is 1.79. The number of nitrogens with one attached hydrogen (secondary N) is 1. The first-order chi connectivity index (χ1) is 13.0. The lowest BCUT2D eigenvalue weighted by Gasteiger charge is -2.15. The van der Waals surface area contributed by atoms with E-state index in [1.807, 2.05) is 42.5 Å².